The smallest absolute Gasteiger partial charge is 0.272 e. The molecule has 6 nitrogen and oxygen atoms in total. The molecule has 0 saturated carbocycles. The third kappa shape index (κ3) is 4.05. The zero-order valence-electron chi connectivity index (χ0n) is 12.5. The van der Waals surface area contributed by atoms with Crippen molar-refractivity contribution >= 4 is 17.0 Å². The molecule has 0 aliphatic heterocycles. The molecule has 0 amide bonds. The van der Waals surface area contributed by atoms with Crippen molar-refractivity contribution < 1.29 is 4.92 Å². The van der Waals surface area contributed by atoms with E-state index >= 15 is 0 Å². The molecule has 0 saturated heterocycles. The first kappa shape index (κ1) is 15.5. The molecule has 0 radical (unpaired) electrons. The summed E-state index contributed by atoms with van der Waals surface area (Å²) in [5, 5.41) is 24.2. The van der Waals surface area contributed by atoms with Gasteiger partial charge in [0.25, 0.3) is 5.69 Å². The third-order valence-corrected chi connectivity index (χ3v) is 3.85. The number of nitrogens with one attached hydrogen (secondary N) is 1. The second kappa shape index (κ2) is 5.87. The highest BCUT2D eigenvalue weighted by atomic mass is 32.1. The summed E-state index contributed by atoms with van der Waals surface area (Å²) in [6.07, 6.45) is 0. The van der Waals surface area contributed by atoms with Gasteiger partial charge in [0.05, 0.1) is 11.5 Å². The summed E-state index contributed by atoms with van der Waals surface area (Å²) in [6, 6.07) is 5.01. The number of aromatic nitrogens is 2. The predicted octanol–water partition coefficient (Wildman–Crippen LogP) is 3.31. The first-order chi connectivity index (χ1) is 9.76. The molecule has 0 fully saturated rings. The normalized spacial score (nSPS) is 11.6. The predicted molar refractivity (Wildman–Crippen MR) is 83.3 cm³/mol. The second-order valence-corrected chi connectivity index (χ2v) is 6.92. The van der Waals surface area contributed by atoms with Crippen molar-refractivity contribution in [3.63, 3.8) is 0 Å². The molecule has 0 unspecified atom stereocenters. The second-order valence-electron chi connectivity index (χ2n) is 5.86. The van der Waals surface area contributed by atoms with Crippen LogP contribution in [0.4, 0.5) is 5.69 Å². The Morgan fingerprint density at radius 1 is 1.33 bits per heavy atom. The van der Waals surface area contributed by atoms with Crippen LogP contribution in [0.5, 0.6) is 0 Å². The number of nitro benzene ring substituents is 1. The maximum atomic E-state index is 10.8. The molecule has 21 heavy (non-hydrogen) atoms. The molecule has 0 bridgehead atoms. The molecular weight excluding hydrogens is 288 g/mol. The highest BCUT2D eigenvalue weighted by molar-refractivity contribution is 7.14. The maximum absolute atomic E-state index is 10.8. The molecule has 0 aliphatic carbocycles. The topological polar surface area (TPSA) is 81.0 Å². The number of rotatable bonds is 4. The first-order valence-electron chi connectivity index (χ1n) is 6.59. The lowest BCUT2D eigenvalue weighted by Crippen LogP contribution is -2.35. The van der Waals surface area contributed by atoms with E-state index in [4.69, 9.17) is 0 Å². The van der Waals surface area contributed by atoms with Crippen LogP contribution in [-0.4, -0.2) is 20.7 Å². The van der Waals surface area contributed by atoms with Crippen molar-refractivity contribution in [1.29, 1.82) is 0 Å². The first-order valence-corrected chi connectivity index (χ1v) is 7.41. The van der Waals surface area contributed by atoms with E-state index in [9.17, 15) is 10.1 Å². The molecule has 0 spiro atoms. The van der Waals surface area contributed by atoms with E-state index in [1.165, 1.54) is 17.4 Å². The van der Waals surface area contributed by atoms with Crippen LogP contribution >= 0.6 is 11.3 Å². The highest BCUT2D eigenvalue weighted by Gasteiger charge is 2.14. The van der Waals surface area contributed by atoms with E-state index in [-0.39, 0.29) is 16.1 Å². The van der Waals surface area contributed by atoms with Crippen molar-refractivity contribution in [3.8, 4) is 10.6 Å². The quantitative estimate of drug-likeness (QED) is 0.692. The van der Waals surface area contributed by atoms with Gasteiger partial charge in [-0.05, 0) is 39.8 Å². The van der Waals surface area contributed by atoms with Gasteiger partial charge in [0.15, 0.2) is 0 Å². The zero-order chi connectivity index (χ0) is 15.6. The standard InChI is InChI=1S/C14H18N4O2S/c1-9-7-10(5-6-11(9)18(19)20)13-17-16-12(21-13)8-15-14(2,3)4/h5-7,15H,8H2,1-4H3. The summed E-state index contributed by atoms with van der Waals surface area (Å²) in [4.78, 5) is 10.4. The van der Waals surface area contributed by atoms with E-state index in [0.717, 1.165) is 15.6 Å². The number of nitro groups is 1. The molecule has 1 aromatic heterocycles. The Kier molecular flexibility index (Phi) is 4.34. The van der Waals surface area contributed by atoms with Crippen LogP contribution in [0.15, 0.2) is 18.2 Å². The molecule has 1 heterocycles. The Morgan fingerprint density at radius 3 is 2.62 bits per heavy atom. The van der Waals surface area contributed by atoms with E-state index in [0.29, 0.717) is 12.1 Å². The fourth-order valence-electron chi connectivity index (χ4n) is 1.78. The molecule has 7 heteroatoms. The van der Waals surface area contributed by atoms with Crippen molar-refractivity contribution in [2.75, 3.05) is 0 Å². The minimum atomic E-state index is -0.377. The summed E-state index contributed by atoms with van der Waals surface area (Å²) in [5.41, 5.74) is 1.63. The van der Waals surface area contributed by atoms with Gasteiger partial charge in [-0.3, -0.25) is 10.1 Å². The summed E-state index contributed by atoms with van der Waals surface area (Å²) in [6.45, 7) is 8.66. The molecular formula is C14H18N4O2S. The van der Waals surface area contributed by atoms with Crippen molar-refractivity contribution in [2.45, 2.75) is 39.8 Å². The van der Waals surface area contributed by atoms with Gasteiger partial charge in [-0.1, -0.05) is 11.3 Å². The summed E-state index contributed by atoms with van der Waals surface area (Å²) >= 11 is 1.50. The molecule has 112 valence electrons. The van der Waals surface area contributed by atoms with Crippen LogP contribution in [0.3, 0.4) is 0 Å². The van der Waals surface area contributed by atoms with Crippen LogP contribution in [-0.2, 0) is 6.54 Å². The number of hydrogen-bond donors (Lipinski definition) is 1. The van der Waals surface area contributed by atoms with Gasteiger partial charge in [0.1, 0.15) is 10.0 Å². The molecule has 0 atom stereocenters. The molecule has 1 N–H and O–H groups in total. The van der Waals surface area contributed by atoms with E-state index in [1.54, 1.807) is 19.1 Å². The van der Waals surface area contributed by atoms with Gasteiger partial charge in [0.2, 0.25) is 0 Å². The van der Waals surface area contributed by atoms with Crippen LogP contribution in [0.2, 0.25) is 0 Å². The Bertz CT molecular complexity index is 661. The summed E-state index contributed by atoms with van der Waals surface area (Å²) in [7, 11) is 0. The zero-order valence-corrected chi connectivity index (χ0v) is 13.3. The molecule has 0 aliphatic rings. The van der Waals surface area contributed by atoms with E-state index in [1.807, 2.05) is 0 Å². The summed E-state index contributed by atoms with van der Waals surface area (Å²) in [5.74, 6) is 0. The minimum absolute atomic E-state index is 0.0236. The van der Waals surface area contributed by atoms with Gasteiger partial charge in [-0.15, -0.1) is 10.2 Å². The Hall–Kier alpha value is -1.86. The van der Waals surface area contributed by atoms with E-state index in [2.05, 4.69) is 36.3 Å². The van der Waals surface area contributed by atoms with Crippen LogP contribution in [0, 0.1) is 17.0 Å². The fraction of sp³-hybridized carbons (Fsp3) is 0.429. The van der Waals surface area contributed by atoms with Gasteiger partial charge < -0.3 is 5.32 Å². The van der Waals surface area contributed by atoms with Crippen LogP contribution < -0.4 is 5.32 Å². The summed E-state index contributed by atoms with van der Waals surface area (Å²) < 4.78 is 0. The van der Waals surface area contributed by atoms with Gasteiger partial charge in [-0.2, -0.15) is 0 Å². The van der Waals surface area contributed by atoms with Crippen molar-refractivity contribution in [3.05, 3.63) is 38.9 Å². The molecule has 1 aromatic carbocycles. The Labute approximate surface area is 127 Å². The van der Waals surface area contributed by atoms with Crippen LogP contribution in [0.25, 0.3) is 10.6 Å². The fourth-order valence-corrected chi connectivity index (χ4v) is 2.55. The third-order valence-electron chi connectivity index (χ3n) is 2.88. The monoisotopic (exact) mass is 306 g/mol. The lowest BCUT2D eigenvalue weighted by atomic mass is 10.1. The molecule has 2 rings (SSSR count). The van der Waals surface area contributed by atoms with Gasteiger partial charge in [0, 0.05) is 22.7 Å². The van der Waals surface area contributed by atoms with Crippen molar-refractivity contribution in [1.82, 2.24) is 15.5 Å². The largest absolute Gasteiger partial charge is 0.306 e. The average Bonchev–Trinajstić information content (AvgIpc) is 2.83. The average molecular weight is 306 g/mol. The number of benzene rings is 1. The number of nitrogens with zero attached hydrogens (tertiary/aromatic N) is 3. The maximum Gasteiger partial charge on any atom is 0.272 e. The number of hydrogen-bond acceptors (Lipinski definition) is 6. The van der Waals surface area contributed by atoms with Gasteiger partial charge in [-0.25, -0.2) is 0 Å². The number of aryl methyl sites for hydroxylation is 1. The lowest BCUT2D eigenvalue weighted by Gasteiger charge is -2.19. The minimum Gasteiger partial charge on any atom is -0.306 e. The van der Waals surface area contributed by atoms with Crippen LogP contribution in [0.1, 0.15) is 31.3 Å². The van der Waals surface area contributed by atoms with E-state index < -0.39 is 0 Å². The van der Waals surface area contributed by atoms with Gasteiger partial charge >= 0.3 is 0 Å². The Morgan fingerprint density at radius 2 is 2.05 bits per heavy atom. The van der Waals surface area contributed by atoms with Crippen molar-refractivity contribution in [2.24, 2.45) is 0 Å². The lowest BCUT2D eigenvalue weighted by molar-refractivity contribution is -0.385. The molecule has 2 aromatic rings. The Balaban J connectivity index is 2.18. The SMILES string of the molecule is Cc1cc(-c2nnc(CNC(C)(C)C)s2)ccc1[N+](=O)[O-]. The highest BCUT2D eigenvalue weighted by Crippen LogP contribution is 2.28.